The van der Waals surface area contributed by atoms with Crippen molar-refractivity contribution in [2.75, 3.05) is 0 Å². The van der Waals surface area contributed by atoms with Crippen LogP contribution in [0.2, 0.25) is 0 Å². The van der Waals surface area contributed by atoms with E-state index in [0.717, 1.165) is 0 Å². The molecule has 0 aliphatic rings. The van der Waals surface area contributed by atoms with Crippen molar-refractivity contribution in [1.29, 1.82) is 0 Å². The molecule has 0 saturated heterocycles. The SMILES string of the molecule is C=COC=C.FC(F)=C(F)C(F)(F)C(F)(F)F. The van der Waals surface area contributed by atoms with E-state index in [1.807, 2.05) is 0 Å². The first-order chi connectivity index (χ1) is 7.52. The lowest BCUT2D eigenvalue weighted by atomic mass is 10.3. The quantitative estimate of drug-likeness (QED) is 0.540. The van der Waals surface area contributed by atoms with Gasteiger partial charge in [0.15, 0.2) is 0 Å². The molecule has 0 aromatic rings. The molecule has 0 N–H and O–H groups in total. The minimum absolute atomic E-state index is 1.31. The van der Waals surface area contributed by atoms with Crippen molar-refractivity contribution < 1.29 is 39.9 Å². The van der Waals surface area contributed by atoms with Crippen LogP contribution in [0.25, 0.3) is 0 Å². The summed E-state index contributed by atoms with van der Waals surface area (Å²) in [4.78, 5) is 0. The van der Waals surface area contributed by atoms with Crippen LogP contribution < -0.4 is 0 Å². The number of hydrogen-bond donors (Lipinski definition) is 0. The normalized spacial score (nSPS) is 10.8. The average molecular weight is 270 g/mol. The highest BCUT2D eigenvalue weighted by Gasteiger charge is 2.62. The monoisotopic (exact) mass is 270 g/mol. The van der Waals surface area contributed by atoms with E-state index in [0.29, 0.717) is 0 Å². The van der Waals surface area contributed by atoms with Crippen LogP contribution in [0, 0.1) is 0 Å². The number of hydrogen-bond acceptors (Lipinski definition) is 1. The van der Waals surface area contributed by atoms with Gasteiger partial charge in [-0.3, -0.25) is 0 Å². The Morgan fingerprint density at radius 2 is 1.24 bits per heavy atom. The summed E-state index contributed by atoms with van der Waals surface area (Å²) in [5.41, 5.74) is 0. The lowest BCUT2D eigenvalue weighted by Crippen LogP contribution is -2.37. The topological polar surface area (TPSA) is 9.23 Å². The van der Waals surface area contributed by atoms with Gasteiger partial charge in [-0.25, -0.2) is 0 Å². The maximum atomic E-state index is 11.5. The van der Waals surface area contributed by atoms with Crippen LogP contribution >= 0.6 is 0 Å². The molecule has 100 valence electrons. The van der Waals surface area contributed by atoms with Gasteiger partial charge in [-0.05, 0) is 0 Å². The molecule has 0 aromatic carbocycles. The first-order valence-corrected chi connectivity index (χ1v) is 3.55. The second-order valence-electron chi connectivity index (χ2n) is 2.12. The van der Waals surface area contributed by atoms with E-state index in [2.05, 4.69) is 17.9 Å². The van der Waals surface area contributed by atoms with Crippen molar-refractivity contribution in [1.82, 2.24) is 0 Å². The van der Waals surface area contributed by atoms with E-state index >= 15 is 0 Å². The predicted molar refractivity (Wildman–Crippen MR) is 42.8 cm³/mol. The molecule has 0 fully saturated rings. The summed E-state index contributed by atoms with van der Waals surface area (Å²) < 4.78 is 94.1. The van der Waals surface area contributed by atoms with Gasteiger partial charge in [0, 0.05) is 0 Å². The fraction of sp³-hybridized carbons (Fsp3) is 0.250. The molecule has 0 rings (SSSR count). The molecule has 0 atom stereocenters. The number of alkyl halides is 5. The summed E-state index contributed by atoms with van der Waals surface area (Å²) in [6, 6.07) is 0. The second-order valence-corrected chi connectivity index (χ2v) is 2.12. The molecule has 17 heavy (non-hydrogen) atoms. The molecule has 0 spiro atoms. The Hall–Kier alpha value is -1.54. The zero-order valence-electron chi connectivity index (χ0n) is 8.00. The molecule has 0 bridgehead atoms. The van der Waals surface area contributed by atoms with Crippen LogP contribution in [0.1, 0.15) is 0 Å². The second kappa shape index (κ2) is 6.92. The van der Waals surface area contributed by atoms with Gasteiger partial charge in [0.05, 0.1) is 12.5 Å². The molecule has 0 saturated carbocycles. The molecule has 0 radical (unpaired) electrons. The molecule has 0 unspecified atom stereocenters. The summed E-state index contributed by atoms with van der Waals surface area (Å²) in [6.07, 6.45) is -7.40. The lowest BCUT2D eigenvalue weighted by Gasteiger charge is -2.16. The van der Waals surface area contributed by atoms with Crippen molar-refractivity contribution in [3.63, 3.8) is 0 Å². The van der Waals surface area contributed by atoms with Crippen molar-refractivity contribution in [3.05, 3.63) is 37.6 Å². The summed E-state index contributed by atoms with van der Waals surface area (Å²) in [5, 5.41) is 0. The zero-order valence-corrected chi connectivity index (χ0v) is 8.00. The van der Waals surface area contributed by atoms with Crippen LogP contribution in [0.15, 0.2) is 37.6 Å². The fourth-order valence-electron chi connectivity index (χ4n) is 0.311. The first kappa shape index (κ1) is 17.8. The van der Waals surface area contributed by atoms with Gasteiger partial charge in [-0.2, -0.15) is 35.1 Å². The van der Waals surface area contributed by atoms with E-state index < -0.39 is 24.0 Å². The predicted octanol–water partition coefficient (Wildman–Crippen LogP) is 4.55. The van der Waals surface area contributed by atoms with Crippen molar-refractivity contribution in [2.24, 2.45) is 0 Å². The Labute approximate surface area is 90.7 Å². The molecule has 0 aliphatic carbocycles. The number of allylic oxidation sites excluding steroid dienone is 1. The largest absolute Gasteiger partial charge is 0.474 e. The van der Waals surface area contributed by atoms with Crippen LogP contribution in [-0.2, 0) is 4.74 Å². The summed E-state index contributed by atoms with van der Waals surface area (Å²) >= 11 is 0. The third kappa shape index (κ3) is 5.93. The van der Waals surface area contributed by atoms with Crippen LogP contribution in [0.4, 0.5) is 35.1 Å². The number of ether oxygens (including phenoxy) is 1. The first-order valence-electron chi connectivity index (χ1n) is 3.55. The van der Waals surface area contributed by atoms with Gasteiger partial charge >= 0.3 is 18.2 Å². The highest BCUT2D eigenvalue weighted by Crippen LogP contribution is 2.43. The molecule has 1 nitrogen and oxygen atoms in total. The van der Waals surface area contributed by atoms with Gasteiger partial charge < -0.3 is 4.74 Å². The molecule has 0 amide bonds. The van der Waals surface area contributed by atoms with E-state index in [1.165, 1.54) is 12.5 Å². The Bertz CT molecular complexity index is 280. The van der Waals surface area contributed by atoms with E-state index in [9.17, 15) is 35.1 Å². The maximum absolute atomic E-state index is 11.5. The van der Waals surface area contributed by atoms with Gasteiger partial charge in [0.1, 0.15) is 0 Å². The molecular formula is C8H6F8O. The van der Waals surface area contributed by atoms with Gasteiger partial charge in [0.25, 0.3) is 0 Å². The van der Waals surface area contributed by atoms with E-state index in [1.54, 1.807) is 0 Å². The van der Waals surface area contributed by atoms with Crippen molar-refractivity contribution in [3.8, 4) is 0 Å². The molecule has 0 aromatic heterocycles. The zero-order chi connectivity index (χ0) is 14.3. The van der Waals surface area contributed by atoms with Crippen molar-refractivity contribution >= 4 is 0 Å². The molecule has 0 heterocycles. The summed E-state index contributed by atoms with van der Waals surface area (Å²) in [6.45, 7) is 6.51. The number of halogens is 8. The highest BCUT2D eigenvalue weighted by molar-refractivity contribution is 5.08. The Morgan fingerprint density at radius 3 is 1.29 bits per heavy atom. The Morgan fingerprint density at radius 1 is 0.882 bits per heavy atom. The van der Waals surface area contributed by atoms with Crippen molar-refractivity contribution in [2.45, 2.75) is 12.1 Å². The lowest BCUT2D eigenvalue weighted by molar-refractivity contribution is -0.271. The minimum atomic E-state index is -6.35. The van der Waals surface area contributed by atoms with Gasteiger partial charge in [-0.1, -0.05) is 13.2 Å². The minimum Gasteiger partial charge on any atom is -0.474 e. The smallest absolute Gasteiger partial charge is 0.460 e. The fourth-order valence-corrected chi connectivity index (χ4v) is 0.311. The maximum Gasteiger partial charge on any atom is 0.460 e. The van der Waals surface area contributed by atoms with Crippen LogP contribution in [0.3, 0.4) is 0 Å². The summed E-state index contributed by atoms with van der Waals surface area (Å²) in [5.74, 6) is -9.89. The van der Waals surface area contributed by atoms with Gasteiger partial charge in [-0.15, -0.1) is 0 Å². The van der Waals surface area contributed by atoms with E-state index in [4.69, 9.17) is 0 Å². The standard InChI is InChI=1S/C4F8.C4H6O/c5-1(2(6)7)3(8,9)4(10,11)12;1-3-5-4-2/h;3-4H,1-2H2. The molecule has 0 aliphatic heterocycles. The van der Waals surface area contributed by atoms with E-state index in [-0.39, 0.29) is 0 Å². The highest BCUT2D eigenvalue weighted by atomic mass is 19.4. The average Bonchev–Trinajstić information content (AvgIpc) is 2.16. The number of rotatable bonds is 3. The Balaban J connectivity index is 0. The molecular weight excluding hydrogens is 264 g/mol. The van der Waals surface area contributed by atoms with Gasteiger partial charge in [0.2, 0.25) is 5.83 Å². The van der Waals surface area contributed by atoms with Crippen LogP contribution in [0.5, 0.6) is 0 Å². The third-order valence-corrected chi connectivity index (χ3v) is 0.990. The third-order valence-electron chi connectivity index (χ3n) is 0.990. The molecule has 9 heteroatoms. The van der Waals surface area contributed by atoms with Crippen LogP contribution in [-0.4, -0.2) is 12.1 Å². The summed E-state index contributed by atoms with van der Waals surface area (Å²) in [7, 11) is 0. The Kier molecular flexibility index (Phi) is 7.26.